The van der Waals surface area contributed by atoms with Gasteiger partial charge in [0.1, 0.15) is 11.5 Å². The van der Waals surface area contributed by atoms with Crippen LogP contribution in [0.1, 0.15) is 18.5 Å². The lowest BCUT2D eigenvalue weighted by atomic mass is 10.1. The molecular formula is C16H28N2O3. The third-order valence-corrected chi connectivity index (χ3v) is 3.53. The SMILES string of the molecule is COCCN(C)CCNC(C)c1ccc(OC)cc1OC. The Balaban J connectivity index is 2.49. The van der Waals surface area contributed by atoms with E-state index in [1.165, 1.54) is 0 Å². The van der Waals surface area contributed by atoms with Crippen molar-refractivity contribution in [3.05, 3.63) is 23.8 Å². The van der Waals surface area contributed by atoms with Gasteiger partial charge in [-0.2, -0.15) is 0 Å². The third-order valence-electron chi connectivity index (χ3n) is 3.53. The van der Waals surface area contributed by atoms with E-state index in [0.29, 0.717) is 0 Å². The van der Waals surface area contributed by atoms with E-state index in [1.54, 1.807) is 21.3 Å². The van der Waals surface area contributed by atoms with Gasteiger partial charge in [0.05, 0.1) is 20.8 Å². The van der Waals surface area contributed by atoms with Crippen LogP contribution in [-0.4, -0.2) is 59.5 Å². The van der Waals surface area contributed by atoms with Gasteiger partial charge >= 0.3 is 0 Å². The van der Waals surface area contributed by atoms with Gasteiger partial charge in [0.15, 0.2) is 0 Å². The Labute approximate surface area is 128 Å². The van der Waals surface area contributed by atoms with Crippen LogP contribution in [-0.2, 0) is 4.74 Å². The third kappa shape index (κ3) is 5.91. The molecule has 0 amide bonds. The van der Waals surface area contributed by atoms with E-state index in [4.69, 9.17) is 14.2 Å². The first-order valence-corrected chi connectivity index (χ1v) is 7.25. The summed E-state index contributed by atoms with van der Waals surface area (Å²) in [5, 5.41) is 3.52. The monoisotopic (exact) mass is 296 g/mol. The minimum absolute atomic E-state index is 0.224. The zero-order valence-electron chi connectivity index (χ0n) is 13.8. The van der Waals surface area contributed by atoms with Gasteiger partial charge in [-0.3, -0.25) is 0 Å². The molecule has 0 aliphatic rings. The molecule has 0 aliphatic heterocycles. The molecule has 1 rings (SSSR count). The van der Waals surface area contributed by atoms with Crippen LogP contribution >= 0.6 is 0 Å². The molecule has 0 saturated heterocycles. The molecule has 5 heteroatoms. The molecule has 0 saturated carbocycles. The molecule has 120 valence electrons. The van der Waals surface area contributed by atoms with Gasteiger partial charge in [-0.1, -0.05) is 6.07 Å². The van der Waals surface area contributed by atoms with Gasteiger partial charge in [-0.25, -0.2) is 0 Å². The van der Waals surface area contributed by atoms with Gasteiger partial charge in [-0.05, 0) is 20.0 Å². The molecular weight excluding hydrogens is 268 g/mol. The fourth-order valence-corrected chi connectivity index (χ4v) is 2.12. The maximum Gasteiger partial charge on any atom is 0.127 e. The summed E-state index contributed by atoms with van der Waals surface area (Å²) in [5.41, 5.74) is 1.14. The smallest absolute Gasteiger partial charge is 0.127 e. The second-order valence-electron chi connectivity index (χ2n) is 5.08. The quantitative estimate of drug-likeness (QED) is 0.715. The lowest BCUT2D eigenvalue weighted by Gasteiger charge is -2.21. The number of rotatable bonds is 10. The summed E-state index contributed by atoms with van der Waals surface area (Å²) in [6.07, 6.45) is 0. The molecule has 0 heterocycles. The Kier molecular flexibility index (Phi) is 8.12. The molecule has 0 spiro atoms. The number of methoxy groups -OCH3 is 3. The minimum Gasteiger partial charge on any atom is -0.497 e. The molecule has 21 heavy (non-hydrogen) atoms. The molecule has 5 nitrogen and oxygen atoms in total. The first-order chi connectivity index (χ1) is 10.1. The molecule has 1 aromatic carbocycles. The Morgan fingerprint density at radius 2 is 1.90 bits per heavy atom. The lowest BCUT2D eigenvalue weighted by Crippen LogP contribution is -2.32. The fourth-order valence-electron chi connectivity index (χ4n) is 2.12. The van der Waals surface area contributed by atoms with Gasteiger partial charge in [0.25, 0.3) is 0 Å². The summed E-state index contributed by atoms with van der Waals surface area (Å²) in [4.78, 5) is 2.24. The van der Waals surface area contributed by atoms with Crippen molar-refractivity contribution in [2.24, 2.45) is 0 Å². The average molecular weight is 296 g/mol. The first-order valence-electron chi connectivity index (χ1n) is 7.25. The highest BCUT2D eigenvalue weighted by Crippen LogP contribution is 2.29. The topological polar surface area (TPSA) is 43.0 Å². The molecule has 0 radical (unpaired) electrons. The second kappa shape index (κ2) is 9.60. The van der Waals surface area contributed by atoms with Gasteiger partial charge in [0.2, 0.25) is 0 Å². The summed E-state index contributed by atoms with van der Waals surface area (Å²) in [7, 11) is 7.17. The second-order valence-corrected chi connectivity index (χ2v) is 5.08. The summed E-state index contributed by atoms with van der Waals surface area (Å²) in [5.74, 6) is 1.66. The Hall–Kier alpha value is -1.30. The molecule has 1 aromatic rings. The molecule has 1 atom stereocenters. The zero-order valence-corrected chi connectivity index (χ0v) is 13.8. The maximum absolute atomic E-state index is 5.44. The predicted octanol–water partition coefficient (Wildman–Crippen LogP) is 1.93. The van der Waals surface area contributed by atoms with E-state index < -0.39 is 0 Å². The van der Waals surface area contributed by atoms with E-state index in [-0.39, 0.29) is 6.04 Å². The summed E-state index contributed by atoms with van der Waals surface area (Å²) in [6, 6.07) is 6.14. The van der Waals surface area contributed by atoms with Crippen LogP contribution in [0.2, 0.25) is 0 Å². The Morgan fingerprint density at radius 3 is 2.52 bits per heavy atom. The highest BCUT2D eigenvalue weighted by Gasteiger charge is 2.12. The van der Waals surface area contributed by atoms with Gasteiger partial charge in [-0.15, -0.1) is 0 Å². The van der Waals surface area contributed by atoms with Crippen LogP contribution < -0.4 is 14.8 Å². The Morgan fingerprint density at radius 1 is 1.14 bits per heavy atom. The largest absolute Gasteiger partial charge is 0.497 e. The van der Waals surface area contributed by atoms with Crippen LogP contribution in [0.3, 0.4) is 0 Å². The average Bonchev–Trinajstić information content (AvgIpc) is 2.51. The van der Waals surface area contributed by atoms with Crippen molar-refractivity contribution in [2.75, 3.05) is 54.6 Å². The Bertz CT molecular complexity index is 413. The van der Waals surface area contributed by atoms with Crippen molar-refractivity contribution in [3.63, 3.8) is 0 Å². The van der Waals surface area contributed by atoms with Crippen LogP contribution in [0.15, 0.2) is 18.2 Å². The van der Waals surface area contributed by atoms with Crippen LogP contribution in [0, 0.1) is 0 Å². The molecule has 1 N–H and O–H groups in total. The highest BCUT2D eigenvalue weighted by molar-refractivity contribution is 5.42. The normalized spacial score (nSPS) is 12.5. The number of likely N-dealkylation sites (N-methyl/N-ethyl adjacent to an activating group) is 1. The minimum atomic E-state index is 0.224. The van der Waals surface area contributed by atoms with Crippen molar-refractivity contribution in [1.29, 1.82) is 0 Å². The van der Waals surface area contributed by atoms with Crippen molar-refractivity contribution < 1.29 is 14.2 Å². The number of hydrogen-bond acceptors (Lipinski definition) is 5. The molecule has 0 bridgehead atoms. The lowest BCUT2D eigenvalue weighted by molar-refractivity contribution is 0.161. The fraction of sp³-hybridized carbons (Fsp3) is 0.625. The number of hydrogen-bond donors (Lipinski definition) is 1. The predicted molar refractivity (Wildman–Crippen MR) is 85.3 cm³/mol. The number of ether oxygens (including phenoxy) is 3. The number of nitrogens with one attached hydrogen (secondary N) is 1. The summed E-state index contributed by atoms with van der Waals surface area (Å²) >= 11 is 0. The molecule has 1 unspecified atom stereocenters. The maximum atomic E-state index is 5.44. The van der Waals surface area contributed by atoms with E-state index in [2.05, 4.69) is 24.2 Å². The molecule has 0 aromatic heterocycles. The van der Waals surface area contributed by atoms with Gasteiger partial charge in [0, 0.05) is 44.4 Å². The summed E-state index contributed by atoms with van der Waals surface area (Å²) in [6.45, 7) is 5.74. The summed E-state index contributed by atoms with van der Waals surface area (Å²) < 4.78 is 15.7. The highest BCUT2D eigenvalue weighted by atomic mass is 16.5. The van der Waals surface area contributed by atoms with Crippen LogP contribution in [0.4, 0.5) is 0 Å². The van der Waals surface area contributed by atoms with Crippen LogP contribution in [0.25, 0.3) is 0 Å². The number of nitrogens with zero attached hydrogens (tertiary/aromatic N) is 1. The number of benzene rings is 1. The van der Waals surface area contributed by atoms with Gasteiger partial charge < -0.3 is 24.4 Å². The van der Waals surface area contributed by atoms with Crippen molar-refractivity contribution >= 4 is 0 Å². The van der Waals surface area contributed by atoms with E-state index in [9.17, 15) is 0 Å². The van der Waals surface area contributed by atoms with E-state index >= 15 is 0 Å². The zero-order chi connectivity index (χ0) is 15.7. The van der Waals surface area contributed by atoms with Crippen molar-refractivity contribution in [3.8, 4) is 11.5 Å². The molecule has 0 fully saturated rings. The first kappa shape index (κ1) is 17.8. The van der Waals surface area contributed by atoms with Crippen molar-refractivity contribution in [1.82, 2.24) is 10.2 Å². The molecule has 0 aliphatic carbocycles. The van der Waals surface area contributed by atoms with E-state index in [1.807, 2.05) is 18.2 Å². The standard InChI is InChI=1S/C16H28N2O3/c1-13(17-8-9-18(2)10-11-19-3)15-7-6-14(20-4)12-16(15)21-5/h6-7,12-13,17H,8-11H2,1-5H3. The van der Waals surface area contributed by atoms with Crippen molar-refractivity contribution in [2.45, 2.75) is 13.0 Å². The van der Waals surface area contributed by atoms with Crippen LogP contribution in [0.5, 0.6) is 11.5 Å². The van der Waals surface area contributed by atoms with E-state index in [0.717, 1.165) is 43.3 Å².